The Morgan fingerprint density at radius 3 is 2.61 bits per heavy atom. The first-order chi connectivity index (χ1) is 17.6. The topological polar surface area (TPSA) is 70.4 Å². The Morgan fingerprint density at radius 1 is 1.06 bits per heavy atom. The SMILES string of the molecule is O=C(CCN1C(=S)NC(c2ccccn2)C1c1ccc(Sc2ccccc2)o1)Nc1ccccc1F. The Morgan fingerprint density at radius 2 is 1.83 bits per heavy atom. The van der Waals surface area contributed by atoms with Gasteiger partial charge in [0, 0.05) is 24.1 Å². The number of rotatable bonds is 8. The summed E-state index contributed by atoms with van der Waals surface area (Å²) < 4.78 is 20.2. The van der Waals surface area contributed by atoms with Gasteiger partial charge in [0.2, 0.25) is 5.91 Å². The molecule has 36 heavy (non-hydrogen) atoms. The van der Waals surface area contributed by atoms with Gasteiger partial charge >= 0.3 is 0 Å². The number of para-hydroxylation sites is 1. The summed E-state index contributed by atoms with van der Waals surface area (Å²) in [5.41, 5.74) is 0.970. The van der Waals surface area contributed by atoms with Crippen LogP contribution in [-0.4, -0.2) is 27.4 Å². The number of carbonyl (C=O) groups excluding carboxylic acids is 1. The van der Waals surface area contributed by atoms with Crippen LogP contribution in [0.5, 0.6) is 0 Å². The van der Waals surface area contributed by atoms with Crippen molar-refractivity contribution < 1.29 is 13.6 Å². The Hall–Kier alpha value is -3.69. The van der Waals surface area contributed by atoms with E-state index >= 15 is 0 Å². The molecule has 0 saturated carbocycles. The number of pyridine rings is 1. The predicted octanol–water partition coefficient (Wildman–Crippen LogP) is 5.97. The molecular weight excluding hydrogens is 495 g/mol. The van der Waals surface area contributed by atoms with E-state index in [9.17, 15) is 9.18 Å². The summed E-state index contributed by atoms with van der Waals surface area (Å²) in [6, 6.07) is 25.1. The van der Waals surface area contributed by atoms with Crippen LogP contribution in [-0.2, 0) is 4.79 Å². The lowest BCUT2D eigenvalue weighted by Gasteiger charge is -2.25. The van der Waals surface area contributed by atoms with E-state index in [0.717, 1.165) is 15.7 Å². The molecule has 2 aromatic carbocycles. The maximum atomic E-state index is 14.0. The molecule has 1 amide bonds. The first kappa shape index (κ1) is 24.0. The number of amides is 1. The summed E-state index contributed by atoms with van der Waals surface area (Å²) >= 11 is 7.19. The fourth-order valence-corrected chi connectivity index (χ4v) is 5.24. The van der Waals surface area contributed by atoms with Crippen LogP contribution in [0.1, 0.15) is 30.0 Å². The molecule has 0 aliphatic carbocycles. The van der Waals surface area contributed by atoms with Crippen LogP contribution in [0.25, 0.3) is 0 Å². The van der Waals surface area contributed by atoms with Gasteiger partial charge in [-0.1, -0.05) is 48.2 Å². The van der Waals surface area contributed by atoms with Crippen LogP contribution in [0.15, 0.2) is 106 Å². The van der Waals surface area contributed by atoms with Gasteiger partial charge in [-0.3, -0.25) is 9.78 Å². The van der Waals surface area contributed by atoms with E-state index in [2.05, 4.69) is 15.6 Å². The number of nitrogens with one attached hydrogen (secondary N) is 2. The standard InChI is InChI=1S/C27H23FN4O2S2/c28-19-10-4-5-11-20(19)30-23(33)15-17-32-26(25(31-27(32)35)21-12-6-7-16-29-21)22-13-14-24(34-22)36-18-8-2-1-3-9-18/h1-14,16,25-26H,15,17H2,(H,30,33)(H,31,35). The maximum Gasteiger partial charge on any atom is 0.226 e. The molecule has 0 radical (unpaired) electrons. The van der Waals surface area contributed by atoms with Crippen LogP contribution in [0.4, 0.5) is 10.1 Å². The van der Waals surface area contributed by atoms with Crippen molar-refractivity contribution >= 4 is 40.7 Å². The van der Waals surface area contributed by atoms with Crippen molar-refractivity contribution in [2.24, 2.45) is 0 Å². The zero-order valence-corrected chi connectivity index (χ0v) is 20.8. The molecule has 3 heterocycles. The smallest absolute Gasteiger partial charge is 0.226 e. The molecule has 2 aromatic heterocycles. The number of benzene rings is 2. The van der Waals surface area contributed by atoms with Gasteiger partial charge < -0.3 is 20.0 Å². The van der Waals surface area contributed by atoms with Gasteiger partial charge in [-0.2, -0.15) is 0 Å². The van der Waals surface area contributed by atoms with Crippen molar-refractivity contribution in [3.05, 3.63) is 108 Å². The van der Waals surface area contributed by atoms with Crippen molar-refractivity contribution in [3.8, 4) is 0 Å². The number of hydrogen-bond donors (Lipinski definition) is 2. The highest BCUT2D eigenvalue weighted by Crippen LogP contribution is 2.41. The number of hydrogen-bond acceptors (Lipinski definition) is 5. The van der Waals surface area contributed by atoms with Crippen molar-refractivity contribution in [1.29, 1.82) is 0 Å². The molecule has 4 aromatic rings. The first-order valence-electron chi connectivity index (χ1n) is 11.4. The predicted molar refractivity (Wildman–Crippen MR) is 141 cm³/mol. The van der Waals surface area contributed by atoms with Gasteiger partial charge in [0.25, 0.3) is 0 Å². The highest BCUT2D eigenvalue weighted by atomic mass is 32.2. The molecular formula is C27H23FN4O2S2. The quantitative estimate of drug-likeness (QED) is 0.279. The Labute approximate surface area is 217 Å². The normalized spacial score (nSPS) is 17.1. The molecule has 2 N–H and O–H groups in total. The molecule has 5 rings (SSSR count). The van der Waals surface area contributed by atoms with Crippen molar-refractivity contribution in [2.45, 2.75) is 28.5 Å². The van der Waals surface area contributed by atoms with E-state index in [-0.39, 0.29) is 30.1 Å². The van der Waals surface area contributed by atoms with E-state index in [4.69, 9.17) is 16.6 Å². The lowest BCUT2D eigenvalue weighted by molar-refractivity contribution is -0.116. The Balaban J connectivity index is 1.36. The molecule has 182 valence electrons. The molecule has 1 aliphatic rings. The monoisotopic (exact) mass is 518 g/mol. The zero-order chi connectivity index (χ0) is 24.9. The minimum absolute atomic E-state index is 0.119. The second-order valence-corrected chi connectivity index (χ2v) is 9.63. The van der Waals surface area contributed by atoms with E-state index in [1.165, 1.54) is 23.9 Å². The van der Waals surface area contributed by atoms with Crippen LogP contribution in [0.3, 0.4) is 0 Å². The summed E-state index contributed by atoms with van der Waals surface area (Å²) in [5, 5.41) is 7.24. The third-order valence-electron chi connectivity index (χ3n) is 5.78. The second-order valence-electron chi connectivity index (χ2n) is 8.17. The third-order valence-corrected chi connectivity index (χ3v) is 7.06. The largest absolute Gasteiger partial charge is 0.452 e. The lowest BCUT2D eigenvalue weighted by atomic mass is 10.0. The van der Waals surface area contributed by atoms with Gasteiger partial charge in [0.15, 0.2) is 10.2 Å². The number of nitrogens with zero attached hydrogens (tertiary/aromatic N) is 2. The molecule has 2 atom stereocenters. The number of carbonyl (C=O) groups is 1. The molecule has 2 unspecified atom stereocenters. The van der Waals surface area contributed by atoms with Crippen molar-refractivity contribution in [1.82, 2.24) is 15.2 Å². The van der Waals surface area contributed by atoms with Crippen molar-refractivity contribution in [3.63, 3.8) is 0 Å². The summed E-state index contributed by atoms with van der Waals surface area (Å²) in [6.45, 7) is 0.321. The highest BCUT2D eigenvalue weighted by molar-refractivity contribution is 7.99. The third kappa shape index (κ3) is 5.42. The van der Waals surface area contributed by atoms with Crippen molar-refractivity contribution in [2.75, 3.05) is 11.9 Å². The van der Waals surface area contributed by atoms with Gasteiger partial charge in [0.1, 0.15) is 17.6 Å². The number of aromatic nitrogens is 1. The van der Waals surface area contributed by atoms with E-state index in [0.29, 0.717) is 17.4 Å². The van der Waals surface area contributed by atoms with Crippen LogP contribution in [0, 0.1) is 5.82 Å². The second kappa shape index (κ2) is 10.9. The average Bonchev–Trinajstić information content (AvgIpc) is 3.49. The molecule has 1 saturated heterocycles. The molecule has 9 heteroatoms. The van der Waals surface area contributed by atoms with E-state index in [1.54, 1.807) is 18.3 Å². The zero-order valence-electron chi connectivity index (χ0n) is 19.1. The summed E-state index contributed by atoms with van der Waals surface area (Å²) in [6.07, 6.45) is 1.86. The summed E-state index contributed by atoms with van der Waals surface area (Å²) in [5.74, 6) is -0.0648. The molecule has 0 bridgehead atoms. The van der Waals surface area contributed by atoms with Gasteiger partial charge in [0.05, 0.1) is 17.4 Å². The summed E-state index contributed by atoms with van der Waals surface area (Å²) in [7, 11) is 0. The van der Waals surface area contributed by atoms with Crippen LogP contribution in [0.2, 0.25) is 0 Å². The molecule has 0 spiro atoms. The van der Waals surface area contributed by atoms with E-state index in [1.807, 2.05) is 65.6 Å². The number of furan rings is 1. The lowest BCUT2D eigenvalue weighted by Crippen LogP contribution is -2.32. The van der Waals surface area contributed by atoms with E-state index < -0.39 is 5.82 Å². The van der Waals surface area contributed by atoms with Crippen LogP contribution < -0.4 is 10.6 Å². The first-order valence-corrected chi connectivity index (χ1v) is 12.7. The Bertz CT molecular complexity index is 1350. The van der Waals surface area contributed by atoms with Gasteiger partial charge in [-0.25, -0.2) is 4.39 Å². The molecule has 6 nitrogen and oxygen atoms in total. The Kier molecular flexibility index (Phi) is 7.29. The minimum Gasteiger partial charge on any atom is -0.452 e. The number of halogens is 1. The molecule has 1 aliphatic heterocycles. The highest BCUT2D eigenvalue weighted by Gasteiger charge is 2.41. The fourth-order valence-electron chi connectivity index (χ4n) is 4.11. The number of anilines is 1. The maximum absolute atomic E-state index is 14.0. The fraction of sp³-hybridized carbons (Fsp3) is 0.148. The van der Waals surface area contributed by atoms with Gasteiger partial charge in [-0.15, -0.1) is 0 Å². The summed E-state index contributed by atoms with van der Waals surface area (Å²) in [4.78, 5) is 20.2. The minimum atomic E-state index is -0.476. The average molecular weight is 519 g/mol. The van der Waals surface area contributed by atoms with Crippen LogP contribution >= 0.6 is 24.0 Å². The van der Waals surface area contributed by atoms with Gasteiger partial charge in [-0.05, 0) is 60.7 Å². The molecule has 1 fully saturated rings. The number of thiocarbonyl (C=S) groups is 1.